The number of thiazole rings is 1. The zero-order valence-corrected chi connectivity index (χ0v) is 13.3. The lowest BCUT2D eigenvalue weighted by molar-refractivity contribution is -0.120. The molecule has 0 radical (unpaired) electrons. The number of piperidine rings is 1. The van der Waals surface area contributed by atoms with E-state index in [1.165, 1.54) is 23.5 Å². The van der Waals surface area contributed by atoms with Crippen LogP contribution < -0.4 is 10.6 Å². The van der Waals surface area contributed by atoms with E-state index < -0.39 is 0 Å². The number of carbonyl (C=O) groups excluding carboxylic acids is 1. The van der Waals surface area contributed by atoms with Crippen molar-refractivity contribution in [3.8, 4) is 0 Å². The summed E-state index contributed by atoms with van der Waals surface area (Å²) in [5.74, 6) is -0.157. The van der Waals surface area contributed by atoms with E-state index in [0.717, 1.165) is 46.9 Å². The van der Waals surface area contributed by atoms with Crippen molar-refractivity contribution >= 4 is 43.4 Å². The van der Waals surface area contributed by atoms with Crippen LogP contribution in [0, 0.1) is 11.7 Å². The monoisotopic (exact) mass is 329 g/mol. The van der Waals surface area contributed by atoms with Crippen molar-refractivity contribution in [3.63, 3.8) is 0 Å². The predicted molar refractivity (Wildman–Crippen MR) is 91.3 cm³/mol. The number of aromatic nitrogens is 1. The molecule has 4 nitrogen and oxygen atoms in total. The normalized spacial score (nSPS) is 16.0. The first kappa shape index (κ1) is 14.5. The third kappa shape index (κ3) is 2.80. The van der Waals surface area contributed by atoms with Crippen LogP contribution in [0.4, 0.5) is 9.52 Å². The van der Waals surface area contributed by atoms with Crippen LogP contribution in [0.25, 0.3) is 21.0 Å². The van der Waals surface area contributed by atoms with Gasteiger partial charge in [-0.15, -0.1) is 0 Å². The molecule has 0 spiro atoms. The number of halogens is 1. The van der Waals surface area contributed by atoms with Crippen molar-refractivity contribution in [2.75, 3.05) is 18.4 Å². The highest BCUT2D eigenvalue weighted by Crippen LogP contribution is 2.33. The number of anilines is 1. The van der Waals surface area contributed by atoms with Gasteiger partial charge in [-0.2, -0.15) is 0 Å². The summed E-state index contributed by atoms with van der Waals surface area (Å²) in [6.45, 7) is 1.77. The van der Waals surface area contributed by atoms with E-state index >= 15 is 0 Å². The fraction of sp³-hybridized carbons (Fsp3) is 0.294. The van der Waals surface area contributed by atoms with Gasteiger partial charge in [-0.1, -0.05) is 17.4 Å². The minimum absolute atomic E-state index is 0.0425. The maximum absolute atomic E-state index is 13.3. The number of hydrogen-bond acceptors (Lipinski definition) is 4. The fourth-order valence-electron chi connectivity index (χ4n) is 3.03. The third-order valence-electron chi connectivity index (χ3n) is 4.27. The molecule has 6 heteroatoms. The van der Waals surface area contributed by atoms with Crippen LogP contribution in [-0.2, 0) is 4.79 Å². The Bertz CT molecular complexity index is 886. The largest absolute Gasteiger partial charge is 0.317 e. The van der Waals surface area contributed by atoms with Gasteiger partial charge in [0.25, 0.3) is 0 Å². The lowest BCUT2D eigenvalue weighted by Crippen LogP contribution is -2.34. The first-order chi connectivity index (χ1) is 11.2. The molecule has 2 aromatic carbocycles. The van der Waals surface area contributed by atoms with Gasteiger partial charge >= 0.3 is 0 Å². The summed E-state index contributed by atoms with van der Waals surface area (Å²) in [6.07, 6.45) is 1.72. The molecule has 2 N–H and O–H groups in total. The van der Waals surface area contributed by atoms with Gasteiger partial charge in [0, 0.05) is 11.3 Å². The number of nitrogens with one attached hydrogen (secondary N) is 2. The van der Waals surface area contributed by atoms with Gasteiger partial charge in [0.05, 0.1) is 10.2 Å². The Morgan fingerprint density at radius 2 is 2.09 bits per heavy atom. The molecule has 2 heterocycles. The van der Waals surface area contributed by atoms with Crippen molar-refractivity contribution in [3.05, 3.63) is 36.1 Å². The van der Waals surface area contributed by atoms with Crippen molar-refractivity contribution in [1.29, 1.82) is 0 Å². The number of carbonyl (C=O) groups is 1. The molecule has 0 saturated carbocycles. The molecule has 4 rings (SSSR count). The van der Waals surface area contributed by atoms with E-state index in [2.05, 4.69) is 15.6 Å². The van der Waals surface area contributed by atoms with Crippen molar-refractivity contribution in [1.82, 2.24) is 10.3 Å². The second-order valence-corrected chi connectivity index (χ2v) is 6.81. The van der Waals surface area contributed by atoms with Crippen LogP contribution in [0.15, 0.2) is 30.3 Å². The molecule has 1 aliphatic heterocycles. The summed E-state index contributed by atoms with van der Waals surface area (Å²) in [7, 11) is 0. The Balaban J connectivity index is 1.66. The smallest absolute Gasteiger partial charge is 0.229 e. The van der Waals surface area contributed by atoms with Gasteiger partial charge in [0.15, 0.2) is 5.13 Å². The molecule has 1 aliphatic rings. The maximum atomic E-state index is 13.3. The second kappa shape index (κ2) is 5.86. The highest BCUT2D eigenvalue weighted by Gasteiger charge is 2.22. The highest BCUT2D eigenvalue weighted by atomic mass is 32.1. The molecule has 23 heavy (non-hydrogen) atoms. The average molecular weight is 329 g/mol. The lowest BCUT2D eigenvalue weighted by atomic mass is 9.97. The van der Waals surface area contributed by atoms with Crippen LogP contribution in [0.1, 0.15) is 12.8 Å². The number of nitrogens with zero attached hydrogens (tertiary/aromatic N) is 1. The Kier molecular flexibility index (Phi) is 3.71. The summed E-state index contributed by atoms with van der Waals surface area (Å²) in [6, 6.07) is 8.47. The summed E-state index contributed by atoms with van der Waals surface area (Å²) in [5.41, 5.74) is 0.828. The van der Waals surface area contributed by atoms with Gasteiger partial charge in [-0.3, -0.25) is 4.79 Å². The van der Waals surface area contributed by atoms with Crippen molar-refractivity contribution in [2.45, 2.75) is 12.8 Å². The molecule has 3 aromatic rings. The molecule has 118 valence electrons. The average Bonchev–Trinajstić information content (AvgIpc) is 2.98. The fourth-order valence-corrected chi connectivity index (χ4v) is 4.03. The number of fused-ring (bicyclic) bond motifs is 3. The zero-order valence-electron chi connectivity index (χ0n) is 12.4. The molecular weight excluding hydrogens is 313 g/mol. The highest BCUT2D eigenvalue weighted by molar-refractivity contribution is 7.23. The lowest BCUT2D eigenvalue weighted by Gasteiger charge is -2.20. The molecule has 0 atom stereocenters. The second-order valence-electron chi connectivity index (χ2n) is 5.81. The predicted octanol–water partition coefficient (Wildman–Crippen LogP) is 3.53. The van der Waals surface area contributed by atoms with Gasteiger partial charge in [-0.05, 0) is 55.6 Å². The van der Waals surface area contributed by atoms with E-state index in [4.69, 9.17) is 0 Å². The van der Waals surface area contributed by atoms with E-state index in [1.54, 1.807) is 6.07 Å². The summed E-state index contributed by atoms with van der Waals surface area (Å²) in [5, 5.41) is 8.62. The Morgan fingerprint density at radius 3 is 2.91 bits per heavy atom. The topological polar surface area (TPSA) is 54.0 Å². The quantitative estimate of drug-likeness (QED) is 0.756. The van der Waals surface area contributed by atoms with Gasteiger partial charge in [-0.25, -0.2) is 9.37 Å². The third-order valence-corrected chi connectivity index (χ3v) is 5.29. The SMILES string of the molecule is O=C(Nc1nc2ccc3cc(F)ccc3c2s1)C1CCNCC1. The van der Waals surface area contributed by atoms with E-state index in [-0.39, 0.29) is 17.6 Å². The minimum Gasteiger partial charge on any atom is -0.317 e. The van der Waals surface area contributed by atoms with Crippen LogP contribution in [0.5, 0.6) is 0 Å². The van der Waals surface area contributed by atoms with E-state index in [1.807, 2.05) is 12.1 Å². The zero-order chi connectivity index (χ0) is 15.8. The Labute approximate surface area is 136 Å². The summed E-state index contributed by atoms with van der Waals surface area (Å²) < 4.78 is 14.3. The Morgan fingerprint density at radius 1 is 1.26 bits per heavy atom. The number of rotatable bonds is 2. The molecule has 1 amide bonds. The molecule has 1 saturated heterocycles. The Hall–Kier alpha value is -2.05. The van der Waals surface area contributed by atoms with Crippen molar-refractivity contribution < 1.29 is 9.18 Å². The number of amides is 1. The summed E-state index contributed by atoms with van der Waals surface area (Å²) in [4.78, 5) is 16.8. The molecule has 0 unspecified atom stereocenters. The first-order valence-electron chi connectivity index (χ1n) is 7.71. The molecular formula is C17H16FN3OS. The first-order valence-corrected chi connectivity index (χ1v) is 8.53. The van der Waals surface area contributed by atoms with Gasteiger partial charge in [0.2, 0.25) is 5.91 Å². The molecule has 0 bridgehead atoms. The minimum atomic E-state index is -0.249. The molecule has 1 aromatic heterocycles. The van der Waals surface area contributed by atoms with E-state index in [9.17, 15) is 9.18 Å². The summed E-state index contributed by atoms with van der Waals surface area (Å²) >= 11 is 1.44. The molecule has 0 aliphatic carbocycles. The maximum Gasteiger partial charge on any atom is 0.229 e. The van der Waals surface area contributed by atoms with Crippen LogP contribution in [-0.4, -0.2) is 24.0 Å². The number of benzene rings is 2. The van der Waals surface area contributed by atoms with Crippen LogP contribution in [0.2, 0.25) is 0 Å². The molecule has 1 fully saturated rings. The van der Waals surface area contributed by atoms with Crippen LogP contribution in [0.3, 0.4) is 0 Å². The van der Waals surface area contributed by atoms with Gasteiger partial charge in [0.1, 0.15) is 5.82 Å². The standard InChI is InChI=1S/C17H16FN3OS/c18-12-2-3-13-11(9-12)1-4-14-15(13)23-17(20-14)21-16(22)10-5-7-19-8-6-10/h1-4,9-10,19H,5-8H2,(H,20,21,22). The number of hydrogen-bond donors (Lipinski definition) is 2. The van der Waals surface area contributed by atoms with Crippen molar-refractivity contribution in [2.24, 2.45) is 5.92 Å². The van der Waals surface area contributed by atoms with Crippen LogP contribution >= 0.6 is 11.3 Å². The van der Waals surface area contributed by atoms with E-state index in [0.29, 0.717) is 5.13 Å². The van der Waals surface area contributed by atoms with Gasteiger partial charge < -0.3 is 10.6 Å².